The maximum Gasteiger partial charge on any atom is 0.126 e. The highest BCUT2D eigenvalue weighted by Gasteiger charge is 2.42. The predicted molar refractivity (Wildman–Crippen MR) is 151 cm³/mol. The lowest BCUT2D eigenvalue weighted by Gasteiger charge is -2.46. The van der Waals surface area contributed by atoms with Crippen LogP contribution in [-0.4, -0.2) is 18.7 Å². The van der Waals surface area contributed by atoms with E-state index in [2.05, 4.69) is 98.9 Å². The van der Waals surface area contributed by atoms with Crippen molar-refractivity contribution in [2.45, 2.75) is 51.3 Å². The van der Waals surface area contributed by atoms with Gasteiger partial charge in [0.1, 0.15) is 18.1 Å². The van der Waals surface area contributed by atoms with Gasteiger partial charge >= 0.3 is 0 Å². The summed E-state index contributed by atoms with van der Waals surface area (Å²) in [4.78, 5) is 0. The molecule has 0 spiro atoms. The minimum Gasteiger partial charge on any atom is -0.496 e. The Balaban J connectivity index is 1.40. The Labute approximate surface area is 220 Å². The average Bonchev–Trinajstić information content (AvgIpc) is 2.90. The zero-order chi connectivity index (χ0) is 25.6. The van der Waals surface area contributed by atoms with Gasteiger partial charge in [-0.1, -0.05) is 78.4 Å². The summed E-state index contributed by atoms with van der Waals surface area (Å²) in [5.41, 5.74) is 9.35. The Hall–Kier alpha value is -3.56. The molecule has 3 heteroatoms. The van der Waals surface area contributed by atoms with Crippen LogP contribution in [0.3, 0.4) is 0 Å². The van der Waals surface area contributed by atoms with E-state index in [9.17, 15) is 0 Å². The molecule has 0 saturated heterocycles. The van der Waals surface area contributed by atoms with Crippen LogP contribution in [0.5, 0.6) is 11.5 Å². The molecular formula is C34H35NO2. The van der Waals surface area contributed by atoms with Crippen LogP contribution < -0.4 is 14.8 Å². The first-order valence-electron chi connectivity index (χ1n) is 13.3. The molecule has 3 aromatic rings. The van der Waals surface area contributed by atoms with Crippen molar-refractivity contribution in [2.75, 3.05) is 7.11 Å². The van der Waals surface area contributed by atoms with Crippen LogP contribution in [0.25, 0.3) is 5.57 Å². The molecule has 0 radical (unpaired) electrons. The van der Waals surface area contributed by atoms with E-state index in [1.165, 1.54) is 39.0 Å². The highest BCUT2D eigenvalue weighted by atomic mass is 16.5. The van der Waals surface area contributed by atoms with Gasteiger partial charge in [0.05, 0.1) is 7.11 Å². The lowest BCUT2D eigenvalue weighted by molar-refractivity contribution is 0.306. The van der Waals surface area contributed by atoms with Gasteiger partial charge in [-0.05, 0) is 73.2 Å². The van der Waals surface area contributed by atoms with E-state index in [4.69, 9.17) is 9.47 Å². The van der Waals surface area contributed by atoms with Crippen LogP contribution in [0.1, 0.15) is 48.9 Å². The van der Waals surface area contributed by atoms with E-state index in [1.54, 1.807) is 7.11 Å². The molecule has 0 amide bonds. The standard InChI is InChI=1S/C34H35NO2/c1-22-20-34(2,3)35-29-18-17-27-32-25(11-8-12-30(32)36-4)19-28(33(27)31(22)29)24-13-15-26(16-14-24)37-21-23-9-6-5-7-10-23/h5-18,20,28-29,31,35H,19,21H2,1-4H3. The number of benzene rings is 3. The number of nitrogens with one attached hydrogen (secondary N) is 1. The molecule has 3 atom stereocenters. The third-order valence-electron chi connectivity index (χ3n) is 8.03. The van der Waals surface area contributed by atoms with Crippen LogP contribution >= 0.6 is 0 Å². The largest absolute Gasteiger partial charge is 0.496 e. The highest BCUT2D eigenvalue weighted by molar-refractivity contribution is 5.87. The molecule has 0 saturated carbocycles. The number of hydrogen-bond donors (Lipinski definition) is 1. The molecule has 3 aromatic carbocycles. The normalized spacial score (nSPS) is 23.5. The van der Waals surface area contributed by atoms with Gasteiger partial charge in [-0.3, -0.25) is 0 Å². The van der Waals surface area contributed by atoms with E-state index >= 15 is 0 Å². The van der Waals surface area contributed by atoms with Crippen molar-refractivity contribution in [1.29, 1.82) is 0 Å². The Morgan fingerprint density at radius 2 is 1.73 bits per heavy atom. The molecule has 37 heavy (non-hydrogen) atoms. The molecule has 1 heterocycles. The van der Waals surface area contributed by atoms with Gasteiger partial charge in [0.2, 0.25) is 0 Å². The van der Waals surface area contributed by atoms with Crippen LogP contribution in [0.15, 0.2) is 102 Å². The fourth-order valence-electron chi connectivity index (χ4n) is 6.58. The Morgan fingerprint density at radius 1 is 0.946 bits per heavy atom. The first-order chi connectivity index (χ1) is 17.9. The van der Waals surface area contributed by atoms with E-state index in [0.29, 0.717) is 18.4 Å². The van der Waals surface area contributed by atoms with Crippen LogP contribution in [0.4, 0.5) is 0 Å². The zero-order valence-corrected chi connectivity index (χ0v) is 22.1. The van der Waals surface area contributed by atoms with Crippen molar-refractivity contribution >= 4 is 5.57 Å². The molecule has 3 unspecified atom stereocenters. The quantitative estimate of drug-likeness (QED) is 0.383. The fourth-order valence-corrected chi connectivity index (χ4v) is 6.58. The Bertz CT molecular complexity index is 1400. The van der Waals surface area contributed by atoms with Crippen molar-refractivity contribution in [3.63, 3.8) is 0 Å². The summed E-state index contributed by atoms with van der Waals surface area (Å²) in [5.74, 6) is 2.48. The second kappa shape index (κ2) is 9.39. The summed E-state index contributed by atoms with van der Waals surface area (Å²) in [6.45, 7) is 7.40. The first kappa shape index (κ1) is 23.8. The zero-order valence-electron chi connectivity index (χ0n) is 22.1. The molecule has 1 aliphatic heterocycles. The maximum absolute atomic E-state index is 6.09. The van der Waals surface area contributed by atoms with Gasteiger partial charge in [0.15, 0.2) is 0 Å². The van der Waals surface area contributed by atoms with E-state index < -0.39 is 0 Å². The third kappa shape index (κ3) is 4.42. The topological polar surface area (TPSA) is 30.5 Å². The molecule has 0 fully saturated rings. The lowest BCUT2D eigenvalue weighted by atomic mass is 9.64. The number of allylic oxidation sites excluding steroid dienone is 2. The summed E-state index contributed by atoms with van der Waals surface area (Å²) in [6, 6.07) is 25.8. The highest BCUT2D eigenvalue weighted by Crippen LogP contribution is 2.52. The molecular weight excluding hydrogens is 454 g/mol. The van der Waals surface area contributed by atoms with E-state index in [0.717, 1.165) is 17.9 Å². The van der Waals surface area contributed by atoms with Crippen LogP contribution in [-0.2, 0) is 13.0 Å². The number of methoxy groups -OCH3 is 1. The molecule has 3 aliphatic rings. The summed E-state index contributed by atoms with van der Waals surface area (Å²) < 4.78 is 12.0. The van der Waals surface area contributed by atoms with Gasteiger partial charge in [0.25, 0.3) is 0 Å². The molecule has 0 bridgehead atoms. The molecule has 1 N–H and O–H groups in total. The minimum absolute atomic E-state index is 0.0227. The Morgan fingerprint density at radius 3 is 2.49 bits per heavy atom. The average molecular weight is 490 g/mol. The second-order valence-corrected chi connectivity index (χ2v) is 11.1. The molecule has 6 rings (SSSR count). The van der Waals surface area contributed by atoms with Crippen molar-refractivity contribution in [1.82, 2.24) is 5.32 Å². The first-order valence-corrected chi connectivity index (χ1v) is 13.3. The van der Waals surface area contributed by atoms with Crippen molar-refractivity contribution in [3.8, 4) is 11.5 Å². The molecule has 3 nitrogen and oxygen atoms in total. The lowest BCUT2D eigenvalue weighted by Crippen LogP contribution is -2.53. The van der Waals surface area contributed by atoms with Crippen molar-refractivity contribution < 1.29 is 9.47 Å². The molecule has 188 valence electrons. The van der Waals surface area contributed by atoms with Gasteiger partial charge in [-0.15, -0.1) is 0 Å². The van der Waals surface area contributed by atoms with Gasteiger partial charge < -0.3 is 14.8 Å². The predicted octanol–water partition coefficient (Wildman–Crippen LogP) is 7.25. The number of fused-ring (bicyclic) bond motifs is 4. The van der Waals surface area contributed by atoms with Crippen molar-refractivity contribution in [3.05, 3.63) is 124 Å². The van der Waals surface area contributed by atoms with E-state index in [1.807, 2.05) is 18.2 Å². The smallest absolute Gasteiger partial charge is 0.126 e. The number of hydrogen-bond acceptors (Lipinski definition) is 3. The fraction of sp³-hybridized carbons (Fsp3) is 0.294. The van der Waals surface area contributed by atoms with Gasteiger partial charge in [-0.2, -0.15) is 0 Å². The SMILES string of the molecule is COc1cccc2c1C1=C(C(c3ccc(OCc4ccccc4)cc3)C2)C2C(C)=CC(C)(C)NC2C=C1. The summed E-state index contributed by atoms with van der Waals surface area (Å²) in [6.07, 6.45) is 8.07. The van der Waals surface area contributed by atoms with Gasteiger partial charge in [0, 0.05) is 29.0 Å². The summed E-state index contributed by atoms with van der Waals surface area (Å²) in [5, 5.41) is 3.88. The maximum atomic E-state index is 6.09. The number of rotatable bonds is 5. The van der Waals surface area contributed by atoms with E-state index in [-0.39, 0.29) is 11.6 Å². The van der Waals surface area contributed by atoms with Crippen molar-refractivity contribution in [2.24, 2.45) is 5.92 Å². The van der Waals surface area contributed by atoms with Crippen LogP contribution in [0.2, 0.25) is 0 Å². The van der Waals surface area contributed by atoms with Gasteiger partial charge in [-0.25, -0.2) is 0 Å². The molecule has 2 aliphatic carbocycles. The summed E-state index contributed by atoms with van der Waals surface area (Å²) in [7, 11) is 1.78. The van der Waals surface area contributed by atoms with Crippen LogP contribution in [0, 0.1) is 5.92 Å². The molecule has 0 aromatic heterocycles. The summed E-state index contributed by atoms with van der Waals surface area (Å²) >= 11 is 0. The monoisotopic (exact) mass is 489 g/mol. The Kier molecular flexibility index (Phi) is 6.04. The third-order valence-corrected chi connectivity index (χ3v) is 8.03. The minimum atomic E-state index is -0.0227. The second-order valence-electron chi connectivity index (χ2n) is 11.1. The number of ether oxygens (including phenoxy) is 2.